The number of hydrogen-bond acceptors (Lipinski definition) is 4. The van der Waals surface area contributed by atoms with Crippen LogP contribution in [0.15, 0.2) is 36.5 Å². The number of aliphatic hydroxyl groups excluding tert-OH is 1. The first-order chi connectivity index (χ1) is 14.3. The molecule has 0 radical (unpaired) electrons. The van der Waals surface area contributed by atoms with E-state index in [1.54, 1.807) is 19.0 Å². The third-order valence-electron chi connectivity index (χ3n) is 6.77. The quantitative estimate of drug-likeness (QED) is 0.624. The summed E-state index contributed by atoms with van der Waals surface area (Å²) in [7, 11) is 3.52. The average molecular weight is 416 g/mol. The summed E-state index contributed by atoms with van der Waals surface area (Å²) in [4.78, 5) is 28.7. The van der Waals surface area contributed by atoms with Crippen LogP contribution in [-0.4, -0.2) is 73.1 Å². The van der Waals surface area contributed by atoms with Crippen molar-refractivity contribution in [3.05, 3.63) is 36.5 Å². The third kappa shape index (κ3) is 5.61. The van der Waals surface area contributed by atoms with Gasteiger partial charge in [0.15, 0.2) is 0 Å². The lowest BCUT2D eigenvalue weighted by Gasteiger charge is -2.38. The van der Waals surface area contributed by atoms with Gasteiger partial charge in [-0.25, -0.2) is 0 Å². The highest BCUT2D eigenvalue weighted by atomic mass is 16.3. The molecule has 0 aromatic rings. The van der Waals surface area contributed by atoms with Crippen LogP contribution in [0.25, 0.3) is 0 Å². The van der Waals surface area contributed by atoms with Crippen molar-refractivity contribution >= 4 is 11.8 Å². The summed E-state index contributed by atoms with van der Waals surface area (Å²) in [6.45, 7) is 5.07. The van der Waals surface area contributed by atoms with Gasteiger partial charge in [0.05, 0.1) is 17.4 Å². The highest BCUT2D eigenvalue weighted by Gasteiger charge is 2.36. The summed E-state index contributed by atoms with van der Waals surface area (Å²) >= 11 is 0. The number of rotatable bonds is 7. The van der Waals surface area contributed by atoms with E-state index >= 15 is 0 Å². The van der Waals surface area contributed by atoms with Crippen LogP contribution >= 0.6 is 0 Å². The van der Waals surface area contributed by atoms with E-state index in [0.29, 0.717) is 44.2 Å². The molecule has 1 heterocycles. The highest BCUT2D eigenvalue weighted by molar-refractivity contribution is 5.86. The number of fused-ring (bicyclic) bond motifs is 1. The van der Waals surface area contributed by atoms with Crippen LogP contribution in [0.1, 0.15) is 32.6 Å². The van der Waals surface area contributed by atoms with Gasteiger partial charge in [0.2, 0.25) is 11.8 Å². The van der Waals surface area contributed by atoms with Crippen molar-refractivity contribution in [3.8, 4) is 0 Å². The highest BCUT2D eigenvalue weighted by Crippen LogP contribution is 2.34. The van der Waals surface area contributed by atoms with E-state index in [1.165, 1.54) is 0 Å². The largest absolute Gasteiger partial charge is 0.392 e. The number of allylic oxidation sites excluding steroid dienone is 3. The summed E-state index contributed by atoms with van der Waals surface area (Å²) in [6, 6.07) is 0. The van der Waals surface area contributed by atoms with E-state index < -0.39 is 11.5 Å². The van der Waals surface area contributed by atoms with Crippen LogP contribution in [0.3, 0.4) is 0 Å². The van der Waals surface area contributed by atoms with Gasteiger partial charge in [-0.1, -0.05) is 36.5 Å². The standard InChI is InChI=1S/C24H37N3O3/c1-24(23(30)26(2)3)12-8-19(9-13-24)22(29)25-14-10-21(28)17-27-15-11-18-6-4-5-7-20(18)16-27/h4-8,12,18-21,28H,9-11,13-17H2,1-3H3,(H,25,29). The minimum atomic E-state index is -0.521. The first-order valence-electron chi connectivity index (χ1n) is 11.2. The summed E-state index contributed by atoms with van der Waals surface area (Å²) in [6.07, 6.45) is 15.2. The molecule has 2 aliphatic carbocycles. The minimum absolute atomic E-state index is 0.0160. The molecule has 1 aliphatic heterocycles. The number of hydrogen-bond donors (Lipinski definition) is 2. The lowest BCUT2D eigenvalue weighted by Crippen LogP contribution is -2.44. The molecule has 3 rings (SSSR count). The summed E-state index contributed by atoms with van der Waals surface area (Å²) < 4.78 is 0. The van der Waals surface area contributed by atoms with Crippen LogP contribution < -0.4 is 5.32 Å². The van der Waals surface area contributed by atoms with Crippen molar-refractivity contribution < 1.29 is 14.7 Å². The van der Waals surface area contributed by atoms with Gasteiger partial charge < -0.3 is 20.2 Å². The Hall–Kier alpha value is -1.92. The van der Waals surface area contributed by atoms with Crippen LogP contribution in [0.4, 0.5) is 0 Å². The maximum absolute atomic E-state index is 12.5. The van der Waals surface area contributed by atoms with Gasteiger partial charge in [-0.2, -0.15) is 0 Å². The smallest absolute Gasteiger partial charge is 0.231 e. The predicted molar refractivity (Wildman–Crippen MR) is 119 cm³/mol. The van der Waals surface area contributed by atoms with E-state index in [0.717, 1.165) is 19.5 Å². The molecule has 0 bridgehead atoms. The van der Waals surface area contributed by atoms with Gasteiger partial charge in [0, 0.05) is 33.7 Å². The minimum Gasteiger partial charge on any atom is -0.392 e. The first-order valence-corrected chi connectivity index (χ1v) is 11.2. The maximum Gasteiger partial charge on any atom is 0.231 e. The number of piperidine rings is 1. The SMILES string of the molecule is CN(C)C(=O)C1(C)C=CC(C(=O)NCCC(O)CN2CCC3C=CC=CC3C2)CC1. The molecule has 3 aliphatic rings. The summed E-state index contributed by atoms with van der Waals surface area (Å²) in [5.41, 5.74) is -0.521. The van der Waals surface area contributed by atoms with Gasteiger partial charge >= 0.3 is 0 Å². The van der Waals surface area contributed by atoms with Gasteiger partial charge in [0.1, 0.15) is 0 Å². The molecule has 0 spiro atoms. The number of nitrogens with zero attached hydrogens (tertiary/aromatic N) is 2. The number of amides is 2. The molecule has 166 valence electrons. The van der Waals surface area contributed by atoms with Gasteiger partial charge in [-0.15, -0.1) is 0 Å². The zero-order valence-corrected chi connectivity index (χ0v) is 18.6. The number of likely N-dealkylation sites (tertiary alicyclic amines) is 1. The van der Waals surface area contributed by atoms with Crippen LogP contribution in [0.5, 0.6) is 0 Å². The third-order valence-corrected chi connectivity index (χ3v) is 6.77. The Kier molecular flexibility index (Phi) is 7.53. The fraction of sp³-hybridized carbons (Fsp3) is 0.667. The lowest BCUT2D eigenvalue weighted by molar-refractivity contribution is -0.137. The molecule has 1 fully saturated rings. The Balaban J connectivity index is 1.37. The molecule has 2 amide bonds. The van der Waals surface area contributed by atoms with Crippen LogP contribution in [-0.2, 0) is 9.59 Å². The molecule has 1 saturated heterocycles. The van der Waals surface area contributed by atoms with Crippen molar-refractivity contribution in [2.24, 2.45) is 23.2 Å². The fourth-order valence-electron chi connectivity index (χ4n) is 4.85. The maximum atomic E-state index is 12.5. The topological polar surface area (TPSA) is 72.9 Å². The van der Waals surface area contributed by atoms with E-state index in [-0.39, 0.29) is 17.7 Å². The molecule has 0 saturated carbocycles. The van der Waals surface area contributed by atoms with Crippen molar-refractivity contribution in [3.63, 3.8) is 0 Å². The number of carbonyl (C=O) groups is 2. The van der Waals surface area contributed by atoms with Crippen molar-refractivity contribution in [1.82, 2.24) is 15.1 Å². The molecule has 0 aromatic heterocycles. The number of aliphatic hydroxyl groups is 1. The number of carbonyl (C=O) groups excluding carboxylic acids is 2. The summed E-state index contributed by atoms with van der Waals surface area (Å²) in [5.74, 6) is 1.05. The first kappa shape index (κ1) is 22.8. The average Bonchev–Trinajstić information content (AvgIpc) is 2.73. The Morgan fingerprint density at radius 2 is 1.93 bits per heavy atom. The Bertz CT molecular complexity index is 714. The monoisotopic (exact) mass is 415 g/mol. The Morgan fingerprint density at radius 1 is 1.20 bits per heavy atom. The molecular formula is C24H37N3O3. The summed E-state index contributed by atoms with van der Waals surface area (Å²) in [5, 5.41) is 13.4. The molecule has 0 aromatic carbocycles. The van der Waals surface area contributed by atoms with Crippen LogP contribution in [0, 0.1) is 23.2 Å². The molecule has 6 heteroatoms. The van der Waals surface area contributed by atoms with Crippen molar-refractivity contribution in [1.29, 1.82) is 0 Å². The second kappa shape index (κ2) is 9.92. The van der Waals surface area contributed by atoms with Crippen LogP contribution in [0.2, 0.25) is 0 Å². The van der Waals surface area contributed by atoms with E-state index in [2.05, 4.69) is 34.5 Å². The zero-order valence-electron chi connectivity index (χ0n) is 18.6. The van der Waals surface area contributed by atoms with Gasteiger partial charge in [0.25, 0.3) is 0 Å². The normalized spacial score (nSPS) is 31.8. The molecular weight excluding hydrogens is 378 g/mol. The lowest BCUT2D eigenvalue weighted by atomic mass is 9.76. The van der Waals surface area contributed by atoms with Gasteiger partial charge in [-0.3, -0.25) is 9.59 Å². The Labute approximate surface area is 180 Å². The molecule has 6 nitrogen and oxygen atoms in total. The Morgan fingerprint density at radius 3 is 2.60 bits per heavy atom. The van der Waals surface area contributed by atoms with Gasteiger partial charge in [-0.05, 0) is 51.0 Å². The van der Waals surface area contributed by atoms with E-state index in [1.807, 2.05) is 19.1 Å². The zero-order chi connectivity index (χ0) is 21.7. The molecule has 5 atom stereocenters. The fourth-order valence-corrected chi connectivity index (χ4v) is 4.85. The second-order valence-electron chi connectivity index (χ2n) is 9.50. The van der Waals surface area contributed by atoms with E-state index in [9.17, 15) is 14.7 Å². The molecule has 2 N–H and O–H groups in total. The number of β-amino-alcohol motifs (C(OH)–C–C–N with tert-alkyl or cyclic N) is 1. The molecule has 5 unspecified atom stereocenters. The number of nitrogens with one attached hydrogen (secondary N) is 1. The molecule has 30 heavy (non-hydrogen) atoms. The van der Waals surface area contributed by atoms with Crippen molar-refractivity contribution in [2.75, 3.05) is 40.3 Å². The second-order valence-corrected chi connectivity index (χ2v) is 9.50. The van der Waals surface area contributed by atoms with E-state index in [4.69, 9.17) is 0 Å². The van der Waals surface area contributed by atoms with Crippen molar-refractivity contribution in [2.45, 2.75) is 38.7 Å². The predicted octanol–water partition coefficient (Wildman–Crippen LogP) is 1.98.